The van der Waals surface area contributed by atoms with Crippen LogP contribution in [0.2, 0.25) is 0 Å². The van der Waals surface area contributed by atoms with Crippen molar-refractivity contribution < 1.29 is 14.0 Å². The number of carbonyl (C=O) groups is 2. The molecule has 0 spiro atoms. The van der Waals surface area contributed by atoms with Crippen LogP contribution in [0.1, 0.15) is 51.4 Å². The number of anilines is 1. The number of likely N-dealkylation sites (tertiary alicyclic amines) is 1. The van der Waals surface area contributed by atoms with E-state index in [2.05, 4.69) is 10.6 Å². The van der Waals surface area contributed by atoms with Gasteiger partial charge in [0.25, 0.3) is 0 Å². The molecule has 0 bridgehead atoms. The summed E-state index contributed by atoms with van der Waals surface area (Å²) in [5.41, 5.74) is 0.204. The Bertz CT molecular complexity index is 631. The van der Waals surface area contributed by atoms with E-state index in [9.17, 15) is 14.0 Å². The molecule has 3 amide bonds. The fraction of sp³-hybridized carbons (Fsp3) is 0.600. The summed E-state index contributed by atoms with van der Waals surface area (Å²) in [4.78, 5) is 26.2. The maximum absolute atomic E-state index is 13.7. The summed E-state index contributed by atoms with van der Waals surface area (Å²) in [6.07, 6.45) is 7.86. The highest BCUT2D eigenvalue weighted by Crippen LogP contribution is 2.23. The zero-order chi connectivity index (χ0) is 18.4. The van der Waals surface area contributed by atoms with Crippen LogP contribution in [0.15, 0.2) is 24.3 Å². The number of hydrogen-bond donors (Lipinski definition) is 2. The third-order valence-corrected chi connectivity index (χ3v) is 5.42. The van der Waals surface area contributed by atoms with Crippen LogP contribution in [0.5, 0.6) is 0 Å². The predicted octanol–water partition coefficient (Wildman–Crippen LogP) is 3.91. The number of carbonyl (C=O) groups excluding carboxylic acids is 2. The van der Waals surface area contributed by atoms with Crippen LogP contribution in [0.3, 0.4) is 0 Å². The topological polar surface area (TPSA) is 61.4 Å². The van der Waals surface area contributed by atoms with Crippen LogP contribution in [0.25, 0.3) is 0 Å². The third-order valence-electron chi connectivity index (χ3n) is 5.42. The molecule has 2 aliphatic rings. The fourth-order valence-corrected chi connectivity index (χ4v) is 3.95. The number of benzene rings is 1. The first-order valence-corrected chi connectivity index (χ1v) is 9.71. The summed E-state index contributed by atoms with van der Waals surface area (Å²) < 4.78 is 13.7. The Balaban J connectivity index is 1.43. The lowest BCUT2D eigenvalue weighted by Gasteiger charge is -2.32. The lowest BCUT2D eigenvalue weighted by molar-refractivity contribution is -0.122. The molecule has 2 N–H and O–H groups in total. The molecule has 26 heavy (non-hydrogen) atoms. The SMILES string of the molecule is O=C(CCC1CCCN(C(=O)Nc2ccccc2F)C1)NC1CCCC1. The van der Waals surface area contributed by atoms with E-state index < -0.39 is 5.82 Å². The molecule has 1 aromatic carbocycles. The second-order valence-corrected chi connectivity index (χ2v) is 7.45. The van der Waals surface area contributed by atoms with Gasteiger partial charge in [0.05, 0.1) is 5.69 Å². The molecule has 1 unspecified atom stereocenters. The lowest BCUT2D eigenvalue weighted by Crippen LogP contribution is -2.42. The van der Waals surface area contributed by atoms with E-state index in [4.69, 9.17) is 0 Å². The van der Waals surface area contributed by atoms with Crippen molar-refractivity contribution in [2.75, 3.05) is 18.4 Å². The van der Waals surface area contributed by atoms with Crippen molar-refractivity contribution >= 4 is 17.6 Å². The van der Waals surface area contributed by atoms with Gasteiger partial charge in [0.15, 0.2) is 0 Å². The van der Waals surface area contributed by atoms with Gasteiger partial charge in [0.1, 0.15) is 5.82 Å². The fourth-order valence-electron chi connectivity index (χ4n) is 3.95. The minimum absolute atomic E-state index is 0.129. The number of urea groups is 1. The molecule has 1 atom stereocenters. The van der Waals surface area contributed by atoms with Crippen molar-refractivity contribution in [2.45, 2.75) is 57.4 Å². The lowest BCUT2D eigenvalue weighted by atomic mass is 9.93. The zero-order valence-corrected chi connectivity index (χ0v) is 15.2. The number of nitrogens with one attached hydrogen (secondary N) is 2. The summed E-state index contributed by atoms with van der Waals surface area (Å²) in [6, 6.07) is 6.27. The van der Waals surface area contributed by atoms with Crippen LogP contribution in [-0.4, -0.2) is 36.0 Å². The molecular formula is C20H28FN3O2. The van der Waals surface area contributed by atoms with Crippen LogP contribution in [-0.2, 0) is 4.79 Å². The first-order chi connectivity index (χ1) is 12.6. The Morgan fingerprint density at radius 1 is 1.12 bits per heavy atom. The average Bonchev–Trinajstić information content (AvgIpc) is 3.15. The number of halogens is 1. The second-order valence-electron chi connectivity index (χ2n) is 7.45. The maximum atomic E-state index is 13.7. The number of rotatable bonds is 5. The Hall–Kier alpha value is -2.11. The van der Waals surface area contributed by atoms with E-state index in [0.717, 1.165) is 32.1 Å². The number of nitrogens with zero attached hydrogens (tertiary/aromatic N) is 1. The Morgan fingerprint density at radius 3 is 2.65 bits per heavy atom. The summed E-state index contributed by atoms with van der Waals surface area (Å²) in [5, 5.41) is 5.76. The van der Waals surface area contributed by atoms with E-state index in [1.807, 2.05) is 0 Å². The molecular weight excluding hydrogens is 333 g/mol. The van der Waals surface area contributed by atoms with Crippen molar-refractivity contribution in [2.24, 2.45) is 5.92 Å². The summed E-state index contributed by atoms with van der Waals surface area (Å²) in [7, 11) is 0. The predicted molar refractivity (Wildman–Crippen MR) is 99.3 cm³/mol. The van der Waals surface area contributed by atoms with Gasteiger partial charge >= 0.3 is 6.03 Å². The van der Waals surface area contributed by atoms with Gasteiger partial charge in [0, 0.05) is 25.6 Å². The monoisotopic (exact) mass is 361 g/mol. The molecule has 6 heteroatoms. The Morgan fingerprint density at radius 2 is 1.88 bits per heavy atom. The van der Waals surface area contributed by atoms with Gasteiger partial charge in [-0.2, -0.15) is 0 Å². The van der Waals surface area contributed by atoms with Gasteiger partial charge in [-0.25, -0.2) is 9.18 Å². The number of hydrogen-bond acceptors (Lipinski definition) is 2. The van der Waals surface area contributed by atoms with Crippen molar-refractivity contribution in [3.05, 3.63) is 30.1 Å². The smallest absolute Gasteiger partial charge is 0.321 e. The number of amides is 3. The molecule has 3 rings (SSSR count). The molecule has 1 aromatic rings. The molecule has 1 saturated carbocycles. The largest absolute Gasteiger partial charge is 0.353 e. The molecule has 0 aromatic heterocycles. The quantitative estimate of drug-likeness (QED) is 0.835. The van der Waals surface area contributed by atoms with E-state index in [-0.39, 0.29) is 17.6 Å². The molecule has 1 aliphatic carbocycles. The van der Waals surface area contributed by atoms with E-state index in [1.165, 1.54) is 18.9 Å². The van der Waals surface area contributed by atoms with Gasteiger partial charge in [-0.15, -0.1) is 0 Å². The third kappa shape index (κ3) is 5.19. The van der Waals surface area contributed by atoms with E-state index >= 15 is 0 Å². The Labute approximate surface area is 154 Å². The van der Waals surface area contributed by atoms with Crippen molar-refractivity contribution in [3.63, 3.8) is 0 Å². The standard InChI is InChI=1S/C20H28FN3O2/c21-17-9-3-4-10-18(17)23-20(26)24-13-5-6-15(14-24)11-12-19(25)22-16-7-1-2-8-16/h3-4,9-10,15-16H,1-2,5-8,11-14H2,(H,22,25)(H,23,26). The van der Waals surface area contributed by atoms with Crippen LogP contribution in [0.4, 0.5) is 14.9 Å². The highest BCUT2D eigenvalue weighted by molar-refractivity contribution is 5.89. The Kier molecular flexibility index (Phi) is 6.47. The summed E-state index contributed by atoms with van der Waals surface area (Å²) in [5.74, 6) is 0.0206. The first-order valence-electron chi connectivity index (χ1n) is 9.71. The van der Waals surface area contributed by atoms with Gasteiger partial charge in [0.2, 0.25) is 5.91 Å². The zero-order valence-electron chi connectivity index (χ0n) is 15.2. The normalized spacial score (nSPS) is 20.8. The van der Waals surface area contributed by atoms with Crippen LogP contribution >= 0.6 is 0 Å². The summed E-state index contributed by atoms with van der Waals surface area (Å²) in [6.45, 7) is 1.29. The van der Waals surface area contributed by atoms with Crippen LogP contribution < -0.4 is 10.6 Å². The first kappa shape index (κ1) is 18.7. The van der Waals surface area contributed by atoms with Gasteiger partial charge in [-0.1, -0.05) is 25.0 Å². The van der Waals surface area contributed by atoms with Crippen molar-refractivity contribution in [3.8, 4) is 0 Å². The van der Waals surface area contributed by atoms with Crippen LogP contribution in [0, 0.1) is 11.7 Å². The highest BCUT2D eigenvalue weighted by atomic mass is 19.1. The number of piperidine rings is 1. The molecule has 1 saturated heterocycles. The van der Waals surface area contributed by atoms with Crippen molar-refractivity contribution in [1.82, 2.24) is 10.2 Å². The van der Waals surface area contributed by atoms with Gasteiger partial charge in [-0.3, -0.25) is 4.79 Å². The van der Waals surface area contributed by atoms with E-state index in [1.54, 1.807) is 23.1 Å². The number of para-hydroxylation sites is 1. The van der Waals surface area contributed by atoms with Gasteiger partial charge < -0.3 is 15.5 Å². The van der Waals surface area contributed by atoms with Gasteiger partial charge in [-0.05, 0) is 50.2 Å². The minimum Gasteiger partial charge on any atom is -0.353 e. The molecule has 1 aliphatic heterocycles. The van der Waals surface area contributed by atoms with Crippen molar-refractivity contribution in [1.29, 1.82) is 0 Å². The molecule has 1 heterocycles. The minimum atomic E-state index is -0.432. The van der Waals surface area contributed by atoms with E-state index in [0.29, 0.717) is 31.5 Å². The second kappa shape index (κ2) is 9.01. The maximum Gasteiger partial charge on any atom is 0.321 e. The molecule has 142 valence electrons. The highest BCUT2D eigenvalue weighted by Gasteiger charge is 2.25. The molecule has 5 nitrogen and oxygen atoms in total. The molecule has 2 fully saturated rings. The summed E-state index contributed by atoms with van der Waals surface area (Å²) >= 11 is 0. The average molecular weight is 361 g/mol. The molecule has 0 radical (unpaired) electrons.